The van der Waals surface area contributed by atoms with Crippen molar-refractivity contribution >= 4 is 0 Å². The van der Waals surface area contributed by atoms with E-state index in [-0.39, 0.29) is 12.3 Å². The van der Waals surface area contributed by atoms with Gasteiger partial charge in [-0.05, 0) is 39.2 Å². The van der Waals surface area contributed by atoms with E-state index < -0.39 is 0 Å². The maximum atomic E-state index is 9.11. The molecule has 12 heavy (non-hydrogen) atoms. The van der Waals surface area contributed by atoms with Gasteiger partial charge in [-0.1, -0.05) is 6.92 Å². The average molecular weight is 175 g/mol. The quantitative estimate of drug-likeness (QED) is 0.397. The van der Waals surface area contributed by atoms with Gasteiger partial charge in [0.05, 0.1) is 6.10 Å². The summed E-state index contributed by atoms with van der Waals surface area (Å²) in [6, 6.07) is 0. The molecule has 74 valence electrons. The van der Waals surface area contributed by atoms with Gasteiger partial charge in [0, 0.05) is 0 Å². The third kappa shape index (κ3) is 7.98. The standard InChI is InChI=1S/C9H21NO2/c1-3-9(12)10-7-5-4-6-8(2)11/h8-12H,3-7H2,1-2H3. The largest absolute Gasteiger partial charge is 0.393 e. The van der Waals surface area contributed by atoms with Crippen molar-refractivity contribution in [1.82, 2.24) is 5.32 Å². The van der Waals surface area contributed by atoms with E-state index in [0.717, 1.165) is 32.2 Å². The van der Waals surface area contributed by atoms with Crippen LogP contribution in [-0.2, 0) is 0 Å². The van der Waals surface area contributed by atoms with Gasteiger partial charge in [-0.25, -0.2) is 0 Å². The molecule has 0 fully saturated rings. The Labute approximate surface area is 74.8 Å². The van der Waals surface area contributed by atoms with Gasteiger partial charge >= 0.3 is 0 Å². The minimum Gasteiger partial charge on any atom is -0.393 e. The summed E-state index contributed by atoms with van der Waals surface area (Å²) >= 11 is 0. The fourth-order valence-corrected chi connectivity index (χ4v) is 0.978. The summed E-state index contributed by atoms with van der Waals surface area (Å²) < 4.78 is 0. The van der Waals surface area contributed by atoms with Crippen LogP contribution in [0.25, 0.3) is 0 Å². The lowest BCUT2D eigenvalue weighted by Gasteiger charge is -2.10. The number of rotatable bonds is 7. The third-order valence-corrected chi connectivity index (χ3v) is 1.82. The van der Waals surface area contributed by atoms with E-state index in [1.165, 1.54) is 0 Å². The molecular weight excluding hydrogens is 154 g/mol. The minimum atomic E-state index is -0.364. The van der Waals surface area contributed by atoms with Crippen molar-refractivity contribution < 1.29 is 10.2 Å². The average Bonchev–Trinajstić information content (AvgIpc) is 2.03. The molecule has 0 aromatic carbocycles. The van der Waals surface area contributed by atoms with Crippen LogP contribution in [0.1, 0.15) is 39.5 Å². The van der Waals surface area contributed by atoms with E-state index in [1.807, 2.05) is 6.92 Å². The number of nitrogens with one attached hydrogen (secondary N) is 1. The van der Waals surface area contributed by atoms with Crippen LogP contribution in [0.15, 0.2) is 0 Å². The number of hydrogen-bond acceptors (Lipinski definition) is 3. The molecule has 0 radical (unpaired) electrons. The zero-order chi connectivity index (χ0) is 9.40. The maximum absolute atomic E-state index is 9.11. The predicted octanol–water partition coefficient (Wildman–Crippen LogP) is 0.855. The Morgan fingerprint density at radius 1 is 1.25 bits per heavy atom. The van der Waals surface area contributed by atoms with Crippen LogP contribution in [0.2, 0.25) is 0 Å². The second-order valence-corrected chi connectivity index (χ2v) is 3.22. The molecule has 0 rings (SSSR count). The van der Waals surface area contributed by atoms with E-state index in [0.29, 0.717) is 0 Å². The molecule has 0 heterocycles. The Balaban J connectivity index is 3.00. The molecule has 0 saturated carbocycles. The van der Waals surface area contributed by atoms with Crippen molar-refractivity contribution in [1.29, 1.82) is 0 Å². The lowest BCUT2D eigenvalue weighted by Crippen LogP contribution is -2.28. The predicted molar refractivity (Wildman–Crippen MR) is 49.8 cm³/mol. The first-order valence-corrected chi connectivity index (χ1v) is 4.76. The third-order valence-electron chi connectivity index (χ3n) is 1.82. The zero-order valence-corrected chi connectivity index (χ0v) is 8.08. The number of unbranched alkanes of at least 4 members (excludes halogenated alkanes) is 1. The molecule has 0 bridgehead atoms. The summed E-state index contributed by atoms with van der Waals surface area (Å²) in [6.45, 7) is 4.57. The summed E-state index contributed by atoms with van der Waals surface area (Å²) in [6.07, 6.45) is 3.07. The summed E-state index contributed by atoms with van der Waals surface area (Å²) in [4.78, 5) is 0. The van der Waals surface area contributed by atoms with E-state index in [9.17, 15) is 0 Å². The molecule has 0 amide bonds. The van der Waals surface area contributed by atoms with E-state index >= 15 is 0 Å². The lowest BCUT2D eigenvalue weighted by molar-refractivity contribution is 0.131. The molecule has 0 aliphatic carbocycles. The van der Waals surface area contributed by atoms with Crippen LogP contribution in [0.3, 0.4) is 0 Å². The summed E-state index contributed by atoms with van der Waals surface area (Å²) in [5.41, 5.74) is 0. The van der Waals surface area contributed by atoms with Crippen LogP contribution >= 0.6 is 0 Å². The fourth-order valence-electron chi connectivity index (χ4n) is 0.978. The molecule has 0 aliphatic heterocycles. The van der Waals surface area contributed by atoms with Crippen LogP contribution in [0.5, 0.6) is 0 Å². The SMILES string of the molecule is CCC(O)NCCCCC(C)O. The number of aliphatic hydroxyl groups is 2. The highest BCUT2D eigenvalue weighted by Crippen LogP contribution is 1.98. The Morgan fingerprint density at radius 3 is 2.42 bits per heavy atom. The first kappa shape index (κ1) is 11.9. The minimum absolute atomic E-state index is 0.193. The normalized spacial score (nSPS) is 16.0. The van der Waals surface area contributed by atoms with Gasteiger partial charge in [0.1, 0.15) is 6.23 Å². The van der Waals surface area contributed by atoms with Crippen molar-refractivity contribution in [3.05, 3.63) is 0 Å². The number of hydrogen-bond donors (Lipinski definition) is 3. The molecule has 3 nitrogen and oxygen atoms in total. The Hall–Kier alpha value is -0.120. The highest BCUT2D eigenvalue weighted by Gasteiger charge is 1.98. The molecule has 3 N–H and O–H groups in total. The van der Waals surface area contributed by atoms with Gasteiger partial charge in [-0.2, -0.15) is 0 Å². The van der Waals surface area contributed by atoms with Crippen molar-refractivity contribution in [3.63, 3.8) is 0 Å². The molecule has 2 unspecified atom stereocenters. The summed E-state index contributed by atoms with van der Waals surface area (Å²) in [5.74, 6) is 0. The van der Waals surface area contributed by atoms with Crippen molar-refractivity contribution in [2.24, 2.45) is 0 Å². The number of aliphatic hydroxyl groups excluding tert-OH is 2. The van der Waals surface area contributed by atoms with Crippen LogP contribution < -0.4 is 5.32 Å². The molecule has 0 aromatic heterocycles. The first-order valence-electron chi connectivity index (χ1n) is 4.76. The maximum Gasteiger partial charge on any atom is 0.104 e. The van der Waals surface area contributed by atoms with E-state index in [4.69, 9.17) is 10.2 Å². The molecule has 0 aliphatic rings. The van der Waals surface area contributed by atoms with Gasteiger partial charge < -0.3 is 10.2 Å². The van der Waals surface area contributed by atoms with Crippen molar-refractivity contribution in [2.45, 2.75) is 51.9 Å². The monoisotopic (exact) mass is 175 g/mol. The van der Waals surface area contributed by atoms with Gasteiger partial charge in [0.2, 0.25) is 0 Å². The summed E-state index contributed by atoms with van der Waals surface area (Å²) in [5, 5.41) is 21.0. The Kier molecular flexibility index (Phi) is 7.45. The summed E-state index contributed by atoms with van der Waals surface area (Å²) in [7, 11) is 0. The van der Waals surface area contributed by atoms with Crippen LogP contribution in [-0.4, -0.2) is 29.1 Å². The van der Waals surface area contributed by atoms with Crippen molar-refractivity contribution in [3.8, 4) is 0 Å². The second kappa shape index (κ2) is 7.53. The second-order valence-electron chi connectivity index (χ2n) is 3.22. The van der Waals surface area contributed by atoms with Crippen molar-refractivity contribution in [2.75, 3.05) is 6.54 Å². The van der Waals surface area contributed by atoms with Gasteiger partial charge in [-0.3, -0.25) is 5.32 Å². The molecule has 2 atom stereocenters. The molecule has 0 spiro atoms. The van der Waals surface area contributed by atoms with Gasteiger partial charge in [0.25, 0.3) is 0 Å². The molecular formula is C9H21NO2. The van der Waals surface area contributed by atoms with Gasteiger partial charge in [0.15, 0.2) is 0 Å². The Bertz CT molecular complexity index is 96.5. The first-order chi connectivity index (χ1) is 5.66. The smallest absolute Gasteiger partial charge is 0.104 e. The van der Waals surface area contributed by atoms with Crippen LogP contribution in [0, 0.1) is 0 Å². The highest BCUT2D eigenvalue weighted by molar-refractivity contribution is 4.53. The highest BCUT2D eigenvalue weighted by atomic mass is 16.3. The lowest BCUT2D eigenvalue weighted by atomic mass is 10.2. The molecule has 0 aromatic rings. The molecule has 0 saturated heterocycles. The molecule has 3 heteroatoms. The van der Waals surface area contributed by atoms with Gasteiger partial charge in [-0.15, -0.1) is 0 Å². The van der Waals surface area contributed by atoms with E-state index in [2.05, 4.69) is 5.32 Å². The Morgan fingerprint density at radius 2 is 1.92 bits per heavy atom. The fraction of sp³-hybridized carbons (Fsp3) is 1.00. The topological polar surface area (TPSA) is 52.5 Å². The van der Waals surface area contributed by atoms with E-state index in [1.54, 1.807) is 6.92 Å². The van der Waals surface area contributed by atoms with Crippen LogP contribution in [0.4, 0.5) is 0 Å². The zero-order valence-electron chi connectivity index (χ0n) is 8.08.